The van der Waals surface area contributed by atoms with Crippen LogP contribution in [0, 0.1) is 0 Å². The van der Waals surface area contributed by atoms with Crippen LogP contribution < -0.4 is 14.4 Å². The van der Waals surface area contributed by atoms with E-state index in [-0.39, 0.29) is 0 Å². The van der Waals surface area contributed by atoms with Gasteiger partial charge in [0.1, 0.15) is 0 Å². The minimum atomic E-state index is 0.300. The molecule has 0 radical (unpaired) electrons. The summed E-state index contributed by atoms with van der Waals surface area (Å²) in [5, 5.41) is 4.26. The molecule has 2 aliphatic rings. The van der Waals surface area contributed by atoms with Gasteiger partial charge in [-0.3, -0.25) is 4.68 Å². The first kappa shape index (κ1) is 13.0. The Morgan fingerprint density at radius 2 is 2.05 bits per heavy atom. The first-order valence-corrected chi connectivity index (χ1v) is 7.25. The first-order valence-electron chi connectivity index (χ1n) is 7.25. The van der Waals surface area contributed by atoms with Crippen LogP contribution in [-0.2, 0) is 7.05 Å². The third-order valence-corrected chi connectivity index (χ3v) is 4.01. The lowest BCUT2D eigenvalue weighted by atomic mass is 10.00. The van der Waals surface area contributed by atoms with Crippen molar-refractivity contribution >= 4 is 11.3 Å². The van der Waals surface area contributed by atoms with Gasteiger partial charge in [0.05, 0.1) is 6.20 Å². The highest BCUT2D eigenvalue weighted by atomic mass is 16.7. The van der Waals surface area contributed by atoms with E-state index in [1.165, 1.54) is 11.1 Å². The maximum absolute atomic E-state index is 5.47. The maximum Gasteiger partial charge on any atom is 0.231 e. The summed E-state index contributed by atoms with van der Waals surface area (Å²) in [5.41, 5.74) is 4.68. The highest BCUT2D eigenvalue weighted by Gasteiger charge is 2.18. The summed E-state index contributed by atoms with van der Waals surface area (Å²) in [7, 11) is 1.93. The fraction of sp³-hybridized carbons (Fsp3) is 0.235. The molecule has 5 nitrogen and oxygen atoms in total. The minimum absolute atomic E-state index is 0.300. The molecular formula is C17H17N3O2. The van der Waals surface area contributed by atoms with Gasteiger partial charge in [-0.15, -0.1) is 0 Å². The monoisotopic (exact) mass is 295 g/mol. The SMILES string of the molecule is CC1=CCN(c2ccc3c(c2)OCO3)C=C1c1cnn(C)c1. The fourth-order valence-corrected chi connectivity index (χ4v) is 2.76. The van der Waals surface area contributed by atoms with Gasteiger partial charge in [-0.2, -0.15) is 5.10 Å². The molecular weight excluding hydrogens is 278 g/mol. The van der Waals surface area contributed by atoms with E-state index in [0.717, 1.165) is 29.3 Å². The number of nitrogens with zero attached hydrogens (tertiary/aromatic N) is 3. The van der Waals surface area contributed by atoms with Crippen LogP contribution in [0.3, 0.4) is 0 Å². The Balaban J connectivity index is 1.70. The van der Waals surface area contributed by atoms with Crippen molar-refractivity contribution in [1.82, 2.24) is 9.78 Å². The molecule has 4 rings (SSSR count). The van der Waals surface area contributed by atoms with Crippen molar-refractivity contribution in [3.63, 3.8) is 0 Å². The van der Waals surface area contributed by atoms with Gasteiger partial charge in [0.25, 0.3) is 0 Å². The van der Waals surface area contributed by atoms with Gasteiger partial charge in [-0.25, -0.2) is 0 Å². The van der Waals surface area contributed by atoms with Gasteiger partial charge >= 0.3 is 0 Å². The molecule has 2 aromatic rings. The predicted molar refractivity (Wildman–Crippen MR) is 84.9 cm³/mol. The summed E-state index contributed by atoms with van der Waals surface area (Å²) in [6, 6.07) is 6.04. The normalized spacial score (nSPS) is 16.5. The van der Waals surface area contributed by atoms with Crippen LogP contribution in [-0.4, -0.2) is 23.1 Å². The molecule has 0 bridgehead atoms. The number of allylic oxidation sites excluding steroid dienone is 2. The number of anilines is 1. The largest absolute Gasteiger partial charge is 0.454 e. The molecule has 0 aliphatic carbocycles. The van der Waals surface area contributed by atoms with Gasteiger partial charge in [0.15, 0.2) is 11.5 Å². The van der Waals surface area contributed by atoms with Crippen molar-refractivity contribution in [1.29, 1.82) is 0 Å². The Kier molecular flexibility index (Phi) is 2.92. The quantitative estimate of drug-likeness (QED) is 0.854. The van der Waals surface area contributed by atoms with Crippen LogP contribution in [0.1, 0.15) is 12.5 Å². The lowest BCUT2D eigenvalue weighted by molar-refractivity contribution is 0.174. The van der Waals surface area contributed by atoms with Crippen molar-refractivity contribution in [2.24, 2.45) is 7.05 Å². The molecule has 0 saturated carbocycles. The van der Waals surface area contributed by atoms with E-state index >= 15 is 0 Å². The van der Waals surface area contributed by atoms with Crippen molar-refractivity contribution < 1.29 is 9.47 Å². The molecule has 0 saturated heterocycles. The number of hydrogen-bond acceptors (Lipinski definition) is 4. The van der Waals surface area contributed by atoms with Gasteiger partial charge < -0.3 is 14.4 Å². The standard InChI is InChI=1S/C17H17N3O2/c1-12-5-6-20(10-15(12)13-8-18-19(2)9-13)14-3-4-16-17(7-14)22-11-21-16/h3-5,7-10H,6,11H2,1-2H3. The molecule has 1 aromatic heterocycles. The smallest absolute Gasteiger partial charge is 0.231 e. The maximum atomic E-state index is 5.47. The van der Waals surface area contributed by atoms with E-state index < -0.39 is 0 Å². The lowest BCUT2D eigenvalue weighted by Gasteiger charge is -2.25. The number of ether oxygens (including phenoxy) is 2. The predicted octanol–water partition coefficient (Wildman–Crippen LogP) is 2.96. The summed E-state index contributed by atoms with van der Waals surface area (Å²) in [4.78, 5) is 2.21. The van der Waals surface area contributed by atoms with Gasteiger partial charge in [0.2, 0.25) is 6.79 Å². The third-order valence-electron chi connectivity index (χ3n) is 4.01. The number of aryl methyl sites for hydroxylation is 1. The summed E-state index contributed by atoms with van der Waals surface area (Å²) in [6.07, 6.45) is 8.33. The Labute approximate surface area is 129 Å². The van der Waals surface area contributed by atoms with E-state index in [4.69, 9.17) is 9.47 Å². The molecule has 2 aliphatic heterocycles. The van der Waals surface area contributed by atoms with Crippen LogP contribution in [0.25, 0.3) is 5.57 Å². The Hall–Kier alpha value is -2.69. The molecule has 22 heavy (non-hydrogen) atoms. The van der Waals surface area contributed by atoms with Crippen molar-refractivity contribution in [3.05, 3.63) is 54.0 Å². The molecule has 0 N–H and O–H groups in total. The lowest BCUT2D eigenvalue weighted by Crippen LogP contribution is -2.20. The van der Waals surface area contributed by atoms with Gasteiger partial charge in [-0.05, 0) is 24.6 Å². The van der Waals surface area contributed by atoms with E-state index in [9.17, 15) is 0 Å². The summed E-state index contributed by atoms with van der Waals surface area (Å²) in [5.74, 6) is 1.61. The average molecular weight is 295 g/mol. The van der Waals surface area contributed by atoms with Crippen LogP contribution >= 0.6 is 0 Å². The zero-order valence-corrected chi connectivity index (χ0v) is 12.6. The highest BCUT2D eigenvalue weighted by molar-refractivity contribution is 5.81. The van der Waals surface area contributed by atoms with E-state index in [1.807, 2.05) is 36.3 Å². The average Bonchev–Trinajstić information content (AvgIpc) is 3.15. The van der Waals surface area contributed by atoms with Crippen LogP contribution in [0.4, 0.5) is 5.69 Å². The van der Waals surface area contributed by atoms with Crippen molar-refractivity contribution in [3.8, 4) is 11.5 Å². The summed E-state index contributed by atoms with van der Waals surface area (Å²) < 4.78 is 12.7. The molecule has 5 heteroatoms. The third kappa shape index (κ3) is 2.15. The van der Waals surface area contributed by atoms with Gasteiger partial charge in [-0.1, -0.05) is 6.08 Å². The fourth-order valence-electron chi connectivity index (χ4n) is 2.76. The van der Waals surface area contributed by atoms with Crippen molar-refractivity contribution in [2.75, 3.05) is 18.2 Å². The van der Waals surface area contributed by atoms with Crippen molar-refractivity contribution in [2.45, 2.75) is 6.92 Å². The number of benzene rings is 1. The second-order valence-electron chi connectivity index (χ2n) is 5.52. The molecule has 0 unspecified atom stereocenters. The first-order chi connectivity index (χ1) is 10.7. The minimum Gasteiger partial charge on any atom is -0.454 e. The van der Waals surface area contributed by atoms with E-state index in [1.54, 1.807) is 0 Å². The number of aromatic nitrogens is 2. The zero-order chi connectivity index (χ0) is 15.1. The zero-order valence-electron chi connectivity index (χ0n) is 12.6. The summed E-state index contributed by atoms with van der Waals surface area (Å²) >= 11 is 0. The summed E-state index contributed by atoms with van der Waals surface area (Å²) in [6.45, 7) is 3.28. The number of rotatable bonds is 2. The van der Waals surface area contributed by atoms with Crippen LogP contribution in [0.15, 0.2) is 48.4 Å². The molecule has 0 atom stereocenters. The molecule has 112 valence electrons. The van der Waals surface area contributed by atoms with Gasteiger partial charge in [0, 0.05) is 48.9 Å². The second kappa shape index (κ2) is 4.94. The van der Waals surface area contributed by atoms with Crippen LogP contribution in [0.5, 0.6) is 11.5 Å². The molecule has 3 heterocycles. The Morgan fingerprint density at radius 3 is 2.86 bits per heavy atom. The highest BCUT2D eigenvalue weighted by Crippen LogP contribution is 2.37. The van der Waals surface area contributed by atoms with Crippen LogP contribution in [0.2, 0.25) is 0 Å². The second-order valence-corrected chi connectivity index (χ2v) is 5.52. The molecule has 0 fully saturated rings. The van der Waals surface area contributed by atoms with E-state index in [2.05, 4.69) is 35.3 Å². The number of fused-ring (bicyclic) bond motifs is 1. The molecule has 0 spiro atoms. The molecule has 0 amide bonds. The van der Waals surface area contributed by atoms with E-state index in [0.29, 0.717) is 6.79 Å². The Morgan fingerprint density at radius 1 is 1.18 bits per heavy atom. The topological polar surface area (TPSA) is 39.5 Å². The number of hydrogen-bond donors (Lipinski definition) is 0. The molecule has 1 aromatic carbocycles. The Bertz CT molecular complexity index is 789.